The Labute approximate surface area is 216 Å². The molecule has 0 aliphatic carbocycles. The van der Waals surface area contributed by atoms with Crippen molar-refractivity contribution in [2.45, 2.75) is 24.4 Å². The second-order valence-electron chi connectivity index (χ2n) is 8.46. The third kappa shape index (κ3) is 5.09. The molecule has 0 aliphatic heterocycles. The Hall–Kier alpha value is -3.78. The fraction of sp³-hybridized carbons (Fsp3) is 0.129. The smallest absolute Gasteiger partial charge is 0.556 e. The molecule has 0 amide bonds. The quantitative estimate of drug-likeness (QED) is 0.232. The zero-order chi connectivity index (χ0) is 24.7. The Bertz CT molecular complexity index is 1410. The van der Waals surface area contributed by atoms with Crippen LogP contribution < -0.4 is 3.79 Å². The van der Waals surface area contributed by atoms with E-state index in [2.05, 4.69) is 65.6 Å². The van der Waals surface area contributed by atoms with E-state index in [9.17, 15) is 0 Å². The monoisotopic (exact) mass is 485 g/mol. The molecule has 36 heavy (non-hydrogen) atoms. The first kappa shape index (κ1) is 23.9. The van der Waals surface area contributed by atoms with E-state index in [1.54, 1.807) is 0 Å². The van der Waals surface area contributed by atoms with Crippen LogP contribution >= 0.6 is 0 Å². The average molecular weight is 486 g/mol. The zero-order valence-electron chi connectivity index (χ0n) is 20.6. The summed E-state index contributed by atoms with van der Waals surface area (Å²) in [5.74, 6) is 0.858. The van der Waals surface area contributed by atoms with Gasteiger partial charge >= 0.3 is 14.5 Å². The molecule has 0 fully saturated rings. The average Bonchev–Trinajstić information content (AvgIpc) is 2.95. The van der Waals surface area contributed by atoms with Gasteiger partial charge in [-0.3, -0.25) is 15.0 Å². The lowest BCUT2D eigenvalue weighted by Crippen LogP contribution is -2.29. The van der Waals surface area contributed by atoms with E-state index in [1.807, 2.05) is 62.8 Å². The molecule has 0 bridgehead atoms. The van der Waals surface area contributed by atoms with Crippen molar-refractivity contribution in [1.82, 2.24) is 15.0 Å². The molecule has 0 saturated carbocycles. The van der Waals surface area contributed by atoms with Crippen LogP contribution in [0.1, 0.15) is 25.0 Å². The first-order valence-electron chi connectivity index (χ1n) is 12.5. The van der Waals surface area contributed by atoms with Gasteiger partial charge in [-0.15, -0.1) is 0 Å². The number of hydrogen-bond donors (Lipinski definition) is 0. The summed E-state index contributed by atoms with van der Waals surface area (Å²) in [6, 6.07) is 31.2. The second-order valence-corrected chi connectivity index (χ2v) is 10.8. The molecule has 176 valence electrons. The first-order chi connectivity index (χ1) is 17.8. The predicted molar refractivity (Wildman–Crippen MR) is 150 cm³/mol. The molecule has 3 aromatic heterocycles. The Morgan fingerprint density at radius 2 is 0.944 bits per heavy atom. The molecule has 3 heterocycles. The summed E-state index contributed by atoms with van der Waals surface area (Å²) in [6.07, 6.45) is 5.56. The van der Waals surface area contributed by atoms with Crippen LogP contribution in [-0.4, -0.2) is 29.4 Å². The lowest BCUT2D eigenvalue weighted by molar-refractivity contribution is 0.567. The molecule has 5 heteroatoms. The normalized spacial score (nSPS) is 10.7. The zero-order valence-corrected chi connectivity index (χ0v) is 21.8. The minimum absolute atomic E-state index is 0.858. The number of rotatable bonds is 6. The number of nitrogens with zero attached hydrogens (tertiary/aromatic N) is 3. The van der Waals surface area contributed by atoms with Crippen molar-refractivity contribution in [1.29, 1.82) is 0 Å². The van der Waals surface area contributed by atoms with Gasteiger partial charge in [0.1, 0.15) is 11.3 Å². The SMILES string of the molecule is CC.c1cnc2c([CH2][Al]([CH2]c3cccc4cccnc34)[O]c3cccc4cccnc34)cccc2c1. The predicted octanol–water partition coefficient (Wildman–Crippen LogP) is 7.29. The Morgan fingerprint density at radius 1 is 0.528 bits per heavy atom. The van der Waals surface area contributed by atoms with Gasteiger partial charge in [0.05, 0.1) is 11.0 Å². The second kappa shape index (κ2) is 11.3. The molecule has 0 radical (unpaired) electrons. The standard InChI is InChI=1S/2C10H8N.C9H7NO.C2H6.Al/c2*1-8-4-2-5-9-6-3-7-11-10(8)9;11-8-5-1-3-7-4-2-6-10-9(7)8;1-2;/h2*2-7H,1H2;1-6,11H;1-2H3;/q;;;;+1/p-1. The highest BCUT2D eigenvalue weighted by molar-refractivity contribution is 6.52. The molecule has 0 aliphatic rings. The highest BCUT2D eigenvalue weighted by atomic mass is 27.2. The van der Waals surface area contributed by atoms with Gasteiger partial charge in [-0.2, -0.15) is 0 Å². The molecular weight excluding hydrogens is 457 g/mol. The third-order valence-corrected chi connectivity index (χ3v) is 8.59. The molecule has 4 nitrogen and oxygen atoms in total. The van der Waals surface area contributed by atoms with Gasteiger partial charge in [0, 0.05) is 34.7 Å². The lowest BCUT2D eigenvalue weighted by atomic mass is 10.1. The van der Waals surface area contributed by atoms with Crippen LogP contribution in [-0.2, 0) is 10.6 Å². The van der Waals surface area contributed by atoms with E-state index in [0.29, 0.717) is 0 Å². The molecule has 0 unspecified atom stereocenters. The fourth-order valence-electron chi connectivity index (χ4n) is 4.66. The molecule has 0 N–H and O–H groups in total. The van der Waals surface area contributed by atoms with Gasteiger partial charge < -0.3 is 3.79 Å². The van der Waals surface area contributed by atoms with Crippen molar-refractivity contribution < 1.29 is 3.79 Å². The molecule has 0 spiro atoms. The van der Waals surface area contributed by atoms with E-state index < -0.39 is 14.5 Å². The first-order valence-corrected chi connectivity index (χ1v) is 14.6. The topological polar surface area (TPSA) is 47.9 Å². The summed E-state index contributed by atoms with van der Waals surface area (Å²) in [7, 11) is 0. The number of fused-ring (bicyclic) bond motifs is 3. The number of pyridine rings is 3. The van der Waals surface area contributed by atoms with Gasteiger partial charge in [0.2, 0.25) is 0 Å². The van der Waals surface area contributed by atoms with Gasteiger partial charge in [-0.25, -0.2) is 0 Å². The minimum atomic E-state index is -1.86. The number of hydrogen-bond acceptors (Lipinski definition) is 4. The van der Waals surface area contributed by atoms with Crippen molar-refractivity contribution >= 4 is 47.2 Å². The molecule has 0 atom stereocenters. The highest BCUT2D eigenvalue weighted by Crippen LogP contribution is 2.27. The van der Waals surface area contributed by atoms with Crippen molar-refractivity contribution in [2.24, 2.45) is 0 Å². The van der Waals surface area contributed by atoms with Crippen molar-refractivity contribution in [3.05, 3.63) is 121 Å². The highest BCUT2D eigenvalue weighted by Gasteiger charge is 2.28. The maximum atomic E-state index is 6.85. The summed E-state index contributed by atoms with van der Waals surface area (Å²) in [5, 5.41) is 5.13. The van der Waals surface area contributed by atoms with Crippen LogP contribution in [0.25, 0.3) is 32.7 Å². The number of para-hydroxylation sites is 3. The molecular formula is C31H28AlN3O. The van der Waals surface area contributed by atoms with Gasteiger partial charge in [-0.05, 0) is 46.0 Å². The summed E-state index contributed by atoms with van der Waals surface area (Å²) in [5.41, 5.74) is 5.48. The fourth-order valence-corrected chi connectivity index (χ4v) is 7.16. The lowest BCUT2D eigenvalue weighted by Gasteiger charge is -2.18. The van der Waals surface area contributed by atoms with Crippen molar-refractivity contribution in [3.8, 4) is 5.75 Å². The summed E-state index contributed by atoms with van der Waals surface area (Å²) in [4.78, 5) is 14.0. The van der Waals surface area contributed by atoms with E-state index in [0.717, 1.165) is 49.0 Å². The molecule has 6 rings (SSSR count). The largest absolute Gasteiger partial charge is 0.641 e. The Morgan fingerprint density at radius 3 is 1.47 bits per heavy atom. The van der Waals surface area contributed by atoms with Crippen molar-refractivity contribution in [3.63, 3.8) is 0 Å². The van der Waals surface area contributed by atoms with Crippen LogP contribution in [0.3, 0.4) is 0 Å². The number of benzene rings is 3. The van der Waals surface area contributed by atoms with Gasteiger partial charge in [0.25, 0.3) is 0 Å². The van der Waals surface area contributed by atoms with E-state index in [1.165, 1.54) is 11.1 Å². The summed E-state index contributed by atoms with van der Waals surface area (Å²) < 4.78 is 6.85. The van der Waals surface area contributed by atoms with Crippen molar-refractivity contribution in [2.75, 3.05) is 0 Å². The van der Waals surface area contributed by atoms with Crippen LogP contribution in [0.5, 0.6) is 5.75 Å². The maximum Gasteiger partial charge on any atom is 0.556 e. The van der Waals surface area contributed by atoms with Crippen LogP contribution in [0.2, 0.25) is 0 Å². The van der Waals surface area contributed by atoms with Crippen LogP contribution in [0.4, 0.5) is 0 Å². The summed E-state index contributed by atoms with van der Waals surface area (Å²) in [6.45, 7) is 4.00. The Kier molecular flexibility index (Phi) is 7.52. The van der Waals surface area contributed by atoms with Crippen LogP contribution in [0, 0.1) is 0 Å². The van der Waals surface area contributed by atoms with E-state index in [4.69, 9.17) is 13.8 Å². The van der Waals surface area contributed by atoms with E-state index >= 15 is 0 Å². The summed E-state index contributed by atoms with van der Waals surface area (Å²) >= 11 is -1.86. The maximum absolute atomic E-state index is 6.85. The molecule has 0 saturated heterocycles. The van der Waals surface area contributed by atoms with Gasteiger partial charge in [0.15, 0.2) is 0 Å². The minimum Gasteiger partial charge on any atom is -0.641 e. The van der Waals surface area contributed by atoms with Crippen LogP contribution in [0.15, 0.2) is 110 Å². The molecule has 6 aromatic rings. The molecule has 3 aromatic carbocycles. The number of aromatic nitrogens is 3. The Balaban J connectivity index is 0.00000130. The van der Waals surface area contributed by atoms with Gasteiger partial charge in [-0.1, -0.05) is 80.6 Å². The third-order valence-electron chi connectivity index (χ3n) is 6.22. The van der Waals surface area contributed by atoms with E-state index in [-0.39, 0.29) is 0 Å².